The summed E-state index contributed by atoms with van der Waals surface area (Å²) in [5.74, 6) is 5.54. The molecular weight excluding hydrogens is 252 g/mol. The SMILES string of the molecule is CC(CCS(C)=O)NC(=O)c1ccc(NN)cn1. The van der Waals surface area contributed by atoms with Crippen molar-refractivity contribution in [2.45, 2.75) is 19.4 Å². The second kappa shape index (κ2) is 7.07. The van der Waals surface area contributed by atoms with Gasteiger partial charge in [-0.3, -0.25) is 14.8 Å². The Hall–Kier alpha value is -1.47. The fourth-order valence-electron chi connectivity index (χ4n) is 1.33. The summed E-state index contributed by atoms with van der Waals surface area (Å²) in [6.07, 6.45) is 3.81. The number of hydrogen-bond donors (Lipinski definition) is 3. The van der Waals surface area contributed by atoms with Crippen molar-refractivity contribution in [1.29, 1.82) is 0 Å². The van der Waals surface area contributed by atoms with Crippen LogP contribution in [0.15, 0.2) is 18.3 Å². The van der Waals surface area contributed by atoms with Crippen LogP contribution in [0, 0.1) is 0 Å². The van der Waals surface area contributed by atoms with Crippen LogP contribution in [0.4, 0.5) is 5.69 Å². The molecule has 1 rings (SSSR count). The zero-order valence-electron chi connectivity index (χ0n) is 10.5. The Bertz CT molecular complexity index is 422. The number of pyridine rings is 1. The van der Waals surface area contributed by atoms with E-state index in [1.807, 2.05) is 6.92 Å². The molecular formula is C11H18N4O2S. The maximum atomic E-state index is 11.8. The van der Waals surface area contributed by atoms with E-state index in [0.717, 1.165) is 0 Å². The van der Waals surface area contributed by atoms with Gasteiger partial charge >= 0.3 is 0 Å². The third kappa shape index (κ3) is 4.80. The lowest BCUT2D eigenvalue weighted by Crippen LogP contribution is -2.34. The van der Waals surface area contributed by atoms with E-state index in [2.05, 4.69) is 15.7 Å². The molecule has 6 nitrogen and oxygen atoms in total. The molecule has 0 aliphatic rings. The quantitative estimate of drug-likeness (QED) is 0.509. The highest BCUT2D eigenvalue weighted by atomic mass is 32.2. The van der Waals surface area contributed by atoms with Crippen LogP contribution in [0.1, 0.15) is 23.8 Å². The number of nitrogens with two attached hydrogens (primary N) is 1. The van der Waals surface area contributed by atoms with Gasteiger partial charge in [-0.05, 0) is 25.5 Å². The van der Waals surface area contributed by atoms with Gasteiger partial charge in [0, 0.05) is 28.9 Å². The van der Waals surface area contributed by atoms with Gasteiger partial charge < -0.3 is 10.7 Å². The molecule has 4 N–H and O–H groups in total. The minimum atomic E-state index is -0.839. The zero-order chi connectivity index (χ0) is 13.5. The van der Waals surface area contributed by atoms with Gasteiger partial charge in [0.2, 0.25) is 0 Å². The molecule has 0 radical (unpaired) electrons. The van der Waals surface area contributed by atoms with E-state index >= 15 is 0 Å². The minimum Gasteiger partial charge on any atom is -0.348 e. The van der Waals surface area contributed by atoms with Crippen molar-refractivity contribution in [3.05, 3.63) is 24.0 Å². The van der Waals surface area contributed by atoms with Gasteiger partial charge in [-0.15, -0.1) is 0 Å². The number of carbonyl (C=O) groups excluding carboxylic acids is 1. The Morgan fingerprint density at radius 2 is 2.28 bits per heavy atom. The third-order valence-electron chi connectivity index (χ3n) is 2.38. The molecule has 0 saturated carbocycles. The van der Waals surface area contributed by atoms with Crippen LogP contribution in [0.2, 0.25) is 0 Å². The van der Waals surface area contributed by atoms with E-state index in [4.69, 9.17) is 5.84 Å². The number of carbonyl (C=O) groups is 1. The van der Waals surface area contributed by atoms with Crippen molar-refractivity contribution in [2.24, 2.45) is 5.84 Å². The average Bonchev–Trinajstić information content (AvgIpc) is 2.36. The second-order valence-electron chi connectivity index (χ2n) is 4.02. The number of hydrazine groups is 1. The van der Waals surface area contributed by atoms with Gasteiger partial charge in [0.05, 0.1) is 11.9 Å². The molecule has 100 valence electrons. The monoisotopic (exact) mass is 270 g/mol. The first-order chi connectivity index (χ1) is 8.52. The Morgan fingerprint density at radius 1 is 1.56 bits per heavy atom. The molecule has 1 heterocycles. The van der Waals surface area contributed by atoms with Crippen molar-refractivity contribution < 1.29 is 9.00 Å². The number of nitrogens with one attached hydrogen (secondary N) is 2. The number of nitrogens with zero attached hydrogens (tertiary/aromatic N) is 1. The molecule has 1 amide bonds. The molecule has 0 aliphatic carbocycles. The molecule has 1 aromatic heterocycles. The topological polar surface area (TPSA) is 97.1 Å². The van der Waals surface area contributed by atoms with Crippen LogP contribution in [0.25, 0.3) is 0 Å². The summed E-state index contributed by atoms with van der Waals surface area (Å²) in [7, 11) is -0.839. The Labute approximate surface area is 109 Å². The Kier molecular flexibility index (Phi) is 5.73. The standard InChI is InChI=1S/C11H18N4O2S/c1-8(5-6-18(2)17)14-11(16)10-4-3-9(15-12)7-13-10/h3-4,7-8,15H,5-6,12H2,1-2H3,(H,14,16). The predicted octanol–water partition coefficient (Wildman–Crippen LogP) is 0.254. The maximum absolute atomic E-state index is 11.8. The lowest BCUT2D eigenvalue weighted by Gasteiger charge is -2.12. The summed E-state index contributed by atoms with van der Waals surface area (Å²) in [5.41, 5.74) is 3.41. The molecule has 2 unspecified atom stereocenters. The van der Waals surface area contributed by atoms with Crippen LogP contribution < -0.4 is 16.6 Å². The van der Waals surface area contributed by atoms with Gasteiger partial charge in [-0.1, -0.05) is 0 Å². The number of hydrogen-bond acceptors (Lipinski definition) is 5. The summed E-state index contributed by atoms with van der Waals surface area (Å²) in [4.78, 5) is 15.8. The summed E-state index contributed by atoms with van der Waals surface area (Å²) in [5, 5.41) is 2.80. The van der Waals surface area contributed by atoms with Gasteiger partial charge in [-0.25, -0.2) is 4.98 Å². The average molecular weight is 270 g/mol. The molecule has 0 bridgehead atoms. The lowest BCUT2D eigenvalue weighted by molar-refractivity contribution is 0.0934. The van der Waals surface area contributed by atoms with Gasteiger partial charge in [0.1, 0.15) is 5.69 Å². The van der Waals surface area contributed by atoms with Crippen LogP contribution in [-0.4, -0.2) is 33.2 Å². The van der Waals surface area contributed by atoms with E-state index in [1.165, 1.54) is 6.20 Å². The molecule has 0 saturated heterocycles. The lowest BCUT2D eigenvalue weighted by atomic mass is 10.2. The zero-order valence-corrected chi connectivity index (χ0v) is 11.3. The number of amides is 1. The van der Waals surface area contributed by atoms with E-state index in [-0.39, 0.29) is 11.9 Å². The molecule has 0 spiro atoms. The summed E-state index contributed by atoms with van der Waals surface area (Å²) in [6, 6.07) is 3.23. The van der Waals surface area contributed by atoms with Crippen molar-refractivity contribution in [3.63, 3.8) is 0 Å². The van der Waals surface area contributed by atoms with Crippen LogP contribution in [-0.2, 0) is 10.8 Å². The first-order valence-electron chi connectivity index (χ1n) is 5.56. The number of nitrogen functional groups attached to an aromatic ring is 1. The van der Waals surface area contributed by atoms with E-state index in [9.17, 15) is 9.00 Å². The Balaban J connectivity index is 2.50. The molecule has 2 atom stereocenters. The molecule has 0 aliphatic heterocycles. The highest BCUT2D eigenvalue weighted by Gasteiger charge is 2.11. The normalized spacial score (nSPS) is 13.7. The number of aromatic nitrogens is 1. The Morgan fingerprint density at radius 3 is 2.78 bits per heavy atom. The van der Waals surface area contributed by atoms with Gasteiger partial charge in [-0.2, -0.15) is 0 Å². The van der Waals surface area contributed by atoms with Gasteiger partial charge in [0.25, 0.3) is 5.91 Å². The highest BCUT2D eigenvalue weighted by molar-refractivity contribution is 7.84. The van der Waals surface area contributed by atoms with E-state index in [1.54, 1.807) is 18.4 Å². The molecule has 7 heteroatoms. The molecule has 1 aromatic rings. The molecule has 18 heavy (non-hydrogen) atoms. The highest BCUT2D eigenvalue weighted by Crippen LogP contribution is 2.04. The number of anilines is 1. The summed E-state index contributed by atoms with van der Waals surface area (Å²) in [6.45, 7) is 1.88. The van der Waals surface area contributed by atoms with Crippen LogP contribution >= 0.6 is 0 Å². The van der Waals surface area contributed by atoms with E-state index in [0.29, 0.717) is 23.6 Å². The number of rotatable bonds is 6. The largest absolute Gasteiger partial charge is 0.348 e. The van der Waals surface area contributed by atoms with Crippen molar-refractivity contribution in [3.8, 4) is 0 Å². The first-order valence-corrected chi connectivity index (χ1v) is 7.29. The fraction of sp³-hybridized carbons (Fsp3) is 0.455. The molecule has 0 fully saturated rings. The van der Waals surface area contributed by atoms with Crippen molar-refractivity contribution in [1.82, 2.24) is 10.3 Å². The van der Waals surface area contributed by atoms with Gasteiger partial charge in [0.15, 0.2) is 0 Å². The fourth-order valence-corrected chi connectivity index (χ4v) is 2.01. The van der Waals surface area contributed by atoms with E-state index < -0.39 is 10.8 Å². The first kappa shape index (κ1) is 14.6. The second-order valence-corrected chi connectivity index (χ2v) is 5.57. The van der Waals surface area contributed by atoms with Crippen LogP contribution in [0.5, 0.6) is 0 Å². The van der Waals surface area contributed by atoms with Crippen molar-refractivity contribution in [2.75, 3.05) is 17.4 Å². The summed E-state index contributed by atoms with van der Waals surface area (Å²) >= 11 is 0. The van der Waals surface area contributed by atoms with Crippen LogP contribution in [0.3, 0.4) is 0 Å². The summed E-state index contributed by atoms with van der Waals surface area (Å²) < 4.78 is 10.9. The maximum Gasteiger partial charge on any atom is 0.270 e. The molecule has 0 aromatic carbocycles. The van der Waals surface area contributed by atoms with Crippen molar-refractivity contribution >= 4 is 22.4 Å². The predicted molar refractivity (Wildman–Crippen MR) is 72.5 cm³/mol. The smallest absolute Gasteiger partial charge is 0.270 e. The minimum absolute atomic E-state index is 0.0319. The third-order valence-corrected chi connectivity index (χ3v) is 3.19.